The van der Waals surface area contributed by atoms with E-state index in [1.807, 2.05) is 12.1 Å². The Balaban J connectivity index is 2.87. The number of ether oxygens (including phenoxy) is 2. The maximum atomic E-state index is 12.2. The summed E-state index contributed by atoms with van der Waals surface area (Å²) in [6.45, 7) is 4.10. The van der Waals surface area contributed by atoms with Crippen molar-refractivity contribution in [3.05, 3.63) is 24.3 Å². The minimum atomic E-state index is -0.669. The van der Waals surface area contributed by atoms with Crippen molar-refractivity contribution in [2.24, 2.45) is 5.92 Å². The monoisotopic (exact) mass is 307 g/mol. The van der Waals surface area contributed by atoms with Crippen molar-refractivity contribution in [2.75, 3.05) is 19.0 Å². The first kappa shape index (κ1) is 18.0. The van der Waals surface area contributed by atoms with Crippen molar-refractivity contribution in [3.63, 3.8) is 0 Å². The van der Waals surface area contributed by atoms with E-state index in [2.05, 4.69) is 12.2 Å². The number of methoxy groups -OCH3 is 1. The fourth-order valence-corrected chi connectivity index (χ4v) is 2.19. The summed E-state index contributed by atoms with van der Waals surface area (Å²) in [7, 11) is 1.59. The molecule has 0 fully saturated rings. The molecule has 0 spiro atoms. The van der Waals surface area contributed by atoms with Gasteiger partial charge in [-0.25, -0.2) is 4.79 Å². The Hall–Kier alpha value is -2.04. The molecule has 0 bridgehead atoms. The van der Waals surface area contributed by atoms with E-state index >= 15 is 0 Å². The molecule has 22 heavy (non-hydrogen) atoms. The Kier molecular flexibility index (Phi) is 8.04. The molecule has 0 aliphatic rings. The van der Waals surface area contributed by atoms with Gasteiger partial charge in [-0.3, -0.25) is 0 Å². The maximum absolute atomic E-state index is 12.2. The molecule has 0 heterocycles. The molecule has 1 aromatic rings. The third kappa shape index (κ3) is 5.39. The highest BCUT2D eigenvalue weighted by Gasteiger charge is 2.29. The number of carbonyl (C=O) groups excluding carboxylic acids is 2. The van der Waals surface area contributed by atoms with Gasteiger partial charge in [-0.2, -0.15) is 0 Å². The van der Waals surface area contributed by atoms with E-state index in [0.29, 0.717) is 13.0 Å². The minimum Gasteiger partial charge on any atom is -0.497 e. The molecule has 1 N–H and O–H groups in total. The largest absolute Gasteiger partial charge is 0.497 e. The zero-order chi connectivity index (χ0) is 16.4. The maximum Gasteiger partial charge on any atom is 0.329 e. The van der Waals surface area contributed by atoms with Crippen molar-refractivity contribution in [3.8, 4) is 5.75 Å². The number of esters is 1. The molecule has 0 saturated heterocycles. The van der Waals surface area contributed by atoms with Crippen LogP contribution in [0.2, 0.25) is 0 Å². The van der Waals surface area contributed by atoms with Crippen LogP contribution < -0.4 is 10.1 Å². The van der Waals surface area contributed by atoms with Crippen LogP contribution >= 0.6 is 0 Å². The van der Waals surface area contributed by atoms with Gasteiger partial charge in [-0.05, 0) is 37.6 Å². The molecule has 0 aliphatic heterocycles. The van der Waals surface area contributed by atoms with Crippen LogP contribution in [-0.2, 0) is 14.3 Å². The summed E-state index contributed by atoms with van der Waals surface area (Å²) in [6.07, 6.45) is 3.37. The quantitative estimate of drug-likeness (QED) is 0.531. The molecule has 0 amide bonds. The SMILES string of the molecule is CCCC[C@@H](C=O)C(Nc1ccc(OC)cc1)C(=O)OCC. The Morgan fingerprint density at radius 3 is 2.45 bits per heavy atom. The summed E-state index contributed by atoms with van der Waals surface area (Å²) in [6, 6.07) is 6.55. The first-order valence-corrected chi connectivity index (χ1v) is 7.68. The van der Waals surface area contributed by atoms with Crippen molar-refractivity contribution in [2.45, 2.75) is 39.2 Å². The molecule has 1 aromatic carbocycles. The van der Waals surface area contributed by atoms with Gasteiger partial charge in [-0.15, -0.1) is 0 Å². The molecule has 0 radical (unpaired) electrons. The van der Waals surface area contributed by atoms with Crippen LogP contribution in [-0.4, -0.2) is 32.0 Å². The van der Waals surface area contributed by atoms with Crippen LogP contribution in [0.3, 0.4) is 0 Å². The topological polar surface area (TPSA) is 64.6 Å². The molecule has 0 aromatic heterocycles. The Morgan fingerprint density at radius 1 is 1.27 bits per heavy atom. The summed E-state index contributed by atoms with van der Waals surface area (Å²) >= 11 is 0. The van der Waals surface area contributed by atoms with Crippen LogP contribution in [0.4, 0.5) is 5.69 Å². The van der Waals surface area contributed by atoms with E-state index < -0.39 is 17.9 Å². The lowest BCUT2D eigenvalue weighted by Gasteiger charge is -2.23. The van der Waals surface area contributed by atoms with Crippen LogP contribution in [0.5, 0.6) is 5.75 Å². The van der Waals surface area contributed by atoms with E-state index in [1.165, 1.54) is 0 Å². The number of nitrogens with one attached hydrogen (secondary N) is 1. The second-order valence-electron chi connectivity index (χ2n) is 5.04. The number of rotatable bonds is 10. The van der Waals surface area contributed by atoms with Gasteiger partial charge in [0.05, 0.1) is 13.7 Å². The lowest BCUT2D eigenvalue weighted by molar-refractivity contribution is -0.146. The van der Waals surface area contributed by atoms with Gasteiger partial charge < -0.3 is 19.6 Å². The van der Waals surface area contributed by atoms with Gasteiger partial charge >= 0.3 is 5.97 Å². The average Bonchev–Trinajstić information content (AvgIpc) is 2.55. The fraction of sp³-hybridized carbons (Fsp3) is 0.529. The molecule has 5 heteroatoms. The van der Waals surface area contributed by atoms with E-state index in [9.17, 15) is 9.59 Å². The second-order valence-corrected chi connectivity index (χ2v) is 5.04. The highest BCUT2D eigenvalue weighted by molar-refractivity contribution is 5.83. The molecule has 1 unspecified atom stereocenters. The van der Waals surface area contributed by atoms with Gasteiger partial charge in [0, 0.05) is 11.6 Å². The van der Waals surface area contributed by atoms with Crippen LogP contribution in [0, 0.1) is 5.92 Å². The number of carbonyl (C=O) groups is 2. The Bertz CT molecular complexity index is 458. The lowest BCUT2D eigenvalue weighted by Crippen LogP contribution is -2.39. The van der Waals surface area contributed by atoms with Crippen molar-refractivity contribution < 1.29 is 19.1 Å². The lowest BCUT2D eigenvalue weighted by atomic mass is 9.95. The van der Waals surface area contributed by atoms with Crippen LogP contribution in [0.25, 0.3) is 0 Å². The van der Waals surface area contributed by atoms with E-state index in [0.717, 1.165) is 30.6 Å². The first-order chi connectivity index (χ1) is 10.7. The molecule has 122 valence electrons. The van der Waals surface area contributed by atoms with E-state index in [1.54, 1.807) is 26.2 Å². The molecule has 5 nitrogen and oxygen atoms in total. The summed E-state index contributed by atoms with van der Waals surface area (Å²) in [5.41, 5.74) is 0.752. The van der Waals surface area contributed by atoms with Crippen LogP contribution in [0.15, 0.2) is 24.3 Å². The minimum absolute atomic E-state index is 0.291. The first-order valence-electron chi connectivity index (χ1n) is 7.68. The second kappa shape index (κ2) is 9.82. The number of unbranched alkanes of at least 4 members (excludes halogenated alkanes) is 1. The molecule has 2 atom stereocenters. The zero-order valence-electron chi connectivity index (χ0n) is 13.5. The summed E-state index contributed by atoms with van der Waals surface area (Å²) < 4.78 is 10.2. The van der Waals surface area contributed by atoms with Gasteiger partial charge in [0.1, 0.15) is 18.1 Å². The summed E-state index contributed by atoms with van der Waals surface area (Å²) in [4.78, 5) is 23.5. The number of hydrogen-bond donors (Lipinski definition) is 1. The van der Waals surface area contributed by atoms with Crippen molar-refractivity contribution in [1.29, 1.82) is 0 Å². The predicted octanol–water partition coefficient (Wildman–Crippen LogP) is 3.04. The molecule has 1 rings (SSSR count). The number of hydrogen-bond acceptors (Lipinski definition) is 5. The molecule has 0 aliphatic carbocycles. The number of aldehydes is 1. The summed E-state index contributed by atoms with van der Waals surface area (Å²) in [5.74, 6) is -0.0659. The highest BCUT2D eigenvalue weighted by Crippen LogP contribution is 2.20. The highest BCUT2D eigenvalue weighted by atomic mass is 16.5. The fourth-order valence-electron chi connectivity index (χ4n) is 2.19. The molecular formula is C17H25NO4. The Labute approximate surface area is 132 Å². The van der Waals surface area contributed by atoms with Gasteiger partial charge in [0.25, 0.3) is 0 Å². The summed E-state index contributed by atoms with van der Waals surface area (Å²) in [5, 5.41) is 3.11. The molecular weight excluding hydrogens is 282 g/mol. The van der Waals surface area contributed by atoms with Crippen LogP contribution in [0.1, 0.15) is 33.1 Å². The average molecular weight is 307 g/mol. The van der Waals surface area contributed by atoms with Crippen molar-refractivity contribution >= 4 is 17.9 Å². The third-order valence-corrected chi connectivity index (χ3v) is 3.45. The zero-order valence-corrected chi connectivity index (χ0v) is 13.5. The number of benzene rings is 1. The molecule has 0 saturated carbocycles. The third-order valence-electron chi connectivity index (χ3n) is 3.45. The van der Waals surface area contributed by atoms with Gasteiger partial charge in [-0.1, -0.05) is 19.8 Å². The van der Waals surface area contributed by atoms with Gasteiger partial charge in [0.2, 0.25) is 0 Å². The Morgan fingerprint density at radius 2 is 1.95 bits per heavy atom. The van der Waals surface area contributed by atoms with E-state index in [-0.39, 0.29) is 0 Å². The predicted molar refractivity (Wildman–Crippen MR) is 86.1 cm³/mol. The standard InChI is InChI=1S/C17H25NO4/c1-4-6-7-13(12-19)16(17(20)22-5-2)18-14-8-10-15(21-3)11-9-14/h8-13,16,18H,4-7H2,1-3H3/t13-,16?/m0/s1. The van der Waals surface area contributed by atoms with E-state index in [4.69, 9.17) is 9.47 Å². The smallest absolute Gasteiger partial charge is 0.329 e. The normalized spacial score (nSPS) is 13.0. The number of anilines is 1. The van der Waals surface area contributed by atoms with Gasteiger partial charge in [0.15, 0.2) is 0 Å². The van der Waals surface area contributed by atoms with Crippen molar-refractivity contribution in [1.82, 2.24) is 0 Å².